The van der Waals surface area contributed by atoms with Crippen molar-refractivity contribution in [3.05, 3.63) is 120 Å². The van der Waals surface area contributed by atoms with Gasteiger partial charge in [0.05, 0.1) is 30.8 Å². The van der Waals surface area contributed by atoms with E-state index >= 15 is 0 Å². The van der Waals surface area contributed by atoms with Crippen molar-refractivity contribution < 1.29 is 0 Å². The highest BCUT2D eigenvalue weighted by Gasteiger charge is 2.35. The fourth-order valence-corrected chi connectivity index (χ4v) is 26.7. The first-order valence-corrected chi connectivity index (χ1v) is 43.3. The molecule has 13 heteroatoms. The number of nitrogens with zero attached hydrogens (tertiary/aromatic N) is 8. The van der Waals surface area contributed by atoms with Gasteiger partial charge >= 0.3 is 0 Å². The van der Waals surface area contributed by atoms with Crippen molar-refractivity contribution in [3.63, 3.8) is 0 Å². The Hall–Kier alpha value is -3.64. The molecule has 0 aliphatic rings. The van der Waals surface area contributed by atoms with Gasteiger partial charge in [-0.05, 0) is 74.2 Å². The maximum Gasteiger partial charge on any atom is 0.0807 e. The first-order valence-electron chi connectivity index (χ1n) is 26.8. The second-order valence-electron chi connectivity index (χ2n) is 23.1. The number of pyridine rings is 4. The molecule has 0 saturated heterocycles. The summed E-state index contributed by atoms with van der Waals surface area (Å²) in [5.74, 6) is 0. The van der Waals surface area contributed by atoms with E-state index in [1.54, 1.807) is 24.2 Å². The summed E-state index contributed by atoms with van der Waals surface area (Å²) >= 11 is 0. The molecule has 0 fully saturated rings. The maximum absolute atomic E-state index is 4.77. The van der Waals surface area contributed by atoms with Gasteiger partial charge in [0.15, 0.2) is 0 Å². The largest absolute Gasteiger partial charge is 0.291 e. The molecule has 69 heavy (non-hydrogen) atoms. The molecular formula is C56H92N8Si5. The van der Waals surface area contributed by atoms with E-state index in [0.29, 0.717) is 0 Å². The van der Waals surface area contributed by atoms with E-state index in [0.717, 1.165) is 49.0 Å². The molecule has 0 aliphatic heterocycles. The molecule has 4 rings (SSSR count). The third-order valence-corrected chi connectivity index (χ3v) is 33.8. The molecule has 0 unspecified atom stereocenters. The van der Waals surface area contributed by atoms with Crippen LogP contribution in [-0.4, -0.2) is 111 Å². The number of rotatable bonds is 36. The SMILES string of the molecule is C[Si](C)(CCCN=Cc1ccccn1)CCC[Si](CCC[Si](C)(C)CCCN=Cc1ccccn1)(CCC[Si](C)(C)CCCN=Cc1ccccn1)CCC[Si](C)(C)CCCN=Cc1ccccn1. The minimum Gasteiger partial charge on any atom is -0.291 e. The molecule has 0 atom stereocenters. The monoisotopic (exact) mass is 1020 g/mol. The first kappa shape index (κ1) is 57.9. The van der Waals surface area contributed by atoms with Gasteiger partial charge in [-0.15, -0.1) is 0 Å². The Kier molecular flexibility index (Phi) is 26.6. The summed E-state index contributed by atoms with van der Waals surface area (Å²) in [4.78, 5) is 36.8. The van der Waals surface area contributed by atoms with Crippen LogP contribution in [0.25, 0.3) is 0 Å². The van der Waals surface area contributed by atoms with Crippen LogP contribution in [0, 0.1) is 0 Å². The van der Waals surface area contributed by atoms with Gasteiger partial charge in [0, 0.05) is 108 Å². The van der Waals surface area contributed by atoms with Gasteiger partial charge in [-0.3, -0.25) is 39.9 Å². The summed E-state index contributed by atoms with van der Waals surface area (Å²) in [6, 6.07) is 41.7. The van der Waals surface area contributed by atoms with Gasteiger partial charge in [-0.2, -0.15) is 0 Å². The third-order valence-electron chi connectivity index (χ3n) is 14.5. The van der Waals surface area contributed by atoms with Crippen LogP contribution in [0.5, 0.6) is 0 Å². The number of hydrogen-bond acceptors (Lipinski definition) is 8. The van der Waals surface area contributed by atoms with Gasteiger partial charge in [0.1, 0.15) is 0 Å². The van der Waals surface area contributed by atoms with Gasteiger partial charge in [0.25, 0.3) is 0 Å². The Labute approximate surface area is 425 Å². The Balaban J connectivity index is 1.42. The highest BCUT2D eigenvalue weighted by Crippen LogP contribution is 2.39. The summed E-state index contributed by atoms with van der Waals surface area (Å²) in [7, 11) is -6.91. The highest BCUT2D eigenvalue weighted by atomic mass is 28.3. The first-order chi connectivity index (χ1) is 33.1. The minimum atomic E-state index is -1.55. The summed E-state index contributed by atoms with van der Waals surface area (Å²) in [5, 5.41) is 0. The van der Waals surface area contributed by atoms with Crippen molar-refractivity contribution in [2.45, 2.75) is 176 Å². The molecule has 4 aromatic heterocycles. The van der Waals surface area contributed by atoms with Crippen LogP contribution in [0.4, 0.5) is 0 Å². The average molecular weight is 1020 g/mol. The lowest BCUT2D eigenvalue weighted by Gasteiger charge is -2.36. The van der Waals surface area contributed by atoms with Crippen molar-refractivity contribution in [1.29, 1.82) is 0 Å². The van der Waals surface area contributed by atoms with Crippen molar-refractivity contribution in [2.75, 3.05) is 26.2 Å². The lowest BCUT2D eigenvalue weighted by atomic mass is 10.4. The quantitative estimate of drug-likeness (QED) is 0.0257. The van der Waals surface area contributed by atoms with E-state index in [2.05, 4.69) is 72.3 Å². The average Bonchev–Trinajstić information content (AvgIpc) is 3.32. The van der Waals surface area contributed by atoms with E-state index in [1.807, 2.05) is 122 Å². The van der Waals surface area contributed by atoms with E-state index in [1.165, 1.54) is 99.7 Å². The molecule has 0 N–H and O–H groups in total. The van der Waals surface area contributed by atoms with Gasteiger partial charge in [0.2, 0.25) is 0 Å². The molecule has 0 radical (unpaired) electrons. The zero-order chi connectivity index (χ0) is 49.6. The molecule has 0 aromatic carbocycles. The lowest BCUT2D eigenvalue weighted by molar-refractivity contribution is 0.841. The fourth-order valence-electron chi connectivity index (χ4n) is 10.1. The molecule has 0 saturated carbocycles. The second-order valence-corrected chi connectivity index (χ2v) is 49.5. The summed E-state index contributed by atoms with van der Waals surface area (Å²) in [6.45, 7) is 24.9. The molecule has 0 spiro atoms. The Bertz CT molecular complexity index is 1760. The molecule has 0 amide bonds. The molecule has 376 valence electrons. The van der Waals surface area contributed by atoms with Gasteiger partial charge in [-0.1, -0.05) is 175 Å². The Morgan fingerprint density at radius 1 is 0.304 bits per heavy atom. The number of hydrogen-bond donors (Lipinski definition) is 0. The van der Waals surface area contributed by atoms with E-state index in [4.69, 9.17) is 20.0 Å². The molecule has 4 aromatic rings. The second kappa shape index (κ2) is 31.6. The van der Waals surface area contributed by atoms with Crippen LogP contribution < -0.4 is 0 Å². The topological polar surface area (TPSA) is 101 Å². The number of aliphatic imine (C=N–C) groups is 4. The van der Waals surface area contributed by atoms with Crippen molar-refractivity contribution in [2.24, 2.45) is 20.0 Å². The van der Waals surface area contributed by atoms with Crippen LogP contribution >= 0.6 is 0 Å². The summed E-state index contributed by atoms with van der Waals surface area (Å²) < 4.78 is 0. The van der Waals surface area contributed by atoms with Gasteiger partial charge < -0.3 is 0 Å². The molecule has 4 heterocycles. The van der Waals surface area contributed by atoms with Crippen molar-refractivity contribution in [3.8, 4) is 0 Å². The van der Waals surface area contributed by atoms with E-state index in [9.17, 15) is 0 Å². The summed E-state index contributed by atoms with van der Waals surface area (Å²) in [6.07, 6.45) is 25.8. The smallest absolute Gasteiger partial charge is 0.0807 e. The standard InChI is InChI=1S/C56H92N8Si5/c1-65(2,37-17-29-57-49-53-25-9-13-33-61-53)41-21-45-69(46-22-42-66(3,4)38-18-30-58-50-54-26-10-14-34-62-54,47-23-43-67(5,6)39-19-31-59-51-55-27-11-15-35-63-55)48-24-44-68(7,8)40-20-32-60-52-56-28-12-16-36-64-56/h9-16,25-28,33-36,49-52H,17-24,29-32,37-48H2,1-8H3. The van der Waals surface area contributed by atoms with Gasteiger partial charge in [-0.25, -0.2) is 0 Å². The zero-order valence-electron chi connectivity index (χ0n) is 44.6. The zero-order valence-corrected chi connectivity index (χ0v) is 49.6. The van der Waals surface area contributed by atoms with Crippen LogP contribution in [0.15, 0.2) is 118 Å². The molecule has 0 aliphatic carbocycles. The van der Waals surface area contributed by atoms with Crippen molar-refractivity contribution >= 4 is 65.2 Å². The summed E-state index contributed by atoms with van der Waals surface area (Å²) in [5.41, 5.74) is 3.84. The Morgan fingerprint density at radius 3 is 0.725 bits per heavy atom. The maximum atomic E-state index is 4.77. The van der Waals surface area contributed by atoms with Crippen LogP contribution in [-0.2, 0) is 0 Å². The van der Waals surface area contributed by atoms with Crippen molar-refractivity contribution in [1.82, 2.24) is 19.9 Å². The van der Waals surface area contributed by atoms with Crippen LogP contribution in [0.1, 0.15) is 74.1 Å². The molecular weight excluding hydrogens is 925 g/mol. The van der Waals surface area contributed by atoms with Crippen LogP contribution in [0.3, 0.4) is 0 Å². The molecule has 0 bridgehead atoms. The lowest BCUT2D eigenvalue weighted by Crippen LogP contribution is -2.37. The fraction of sp³-hybridized carbons (Fsp3) is 0.571. The van der Waals surface area contributed by atoms with Crippen LogP contribution in [0.2, 0.25) is 125 Å². The predicted octanol–water partition coefficient (Wildman–Crippen LogP) is 15.4. The number of aromatic nitrogens is 4. The molecule has 8 nitrogen and oxygen atoms in total. The van der Waals surface area contributed by atoms with E-state index in [-0.39, 0.29) is 0 Å². The normalized spacial score (nSPS) is 13.9. The third kappa shape index (κ3) is 27.0. The predicted molar refractivity (Wildman–Crippen MR) is 317 cm³/mol. The highest BCUT2D eigenvalue weighted by molar-refractivity contribution is 6.82. The Morgan fingerprint density at radius 2 is 0.522 bits per heavy atom. The van der Waals surface area contributed by atoms with E-state index < -0.39 is 40.4 Å². The minimum absolute atomic E-state index is 0.911.